The van der Waals surface area contributed by atoms with Crippen LogP contribution in [0.2, 0.25) is 0 Å². The van der Waals surface area contributed by atoms with E-state index < -0.39 is 5.60 Å². The number of ether oxygens (including phenoxy) is 1. The molecule has 3 heteroatoms. The molecule has 136 valence electrons. The zero-order valence-electron chi connectivity index (χ0n) is 15.4. The van der Waals surface area contributed by atoms with Crippen molar-refractivity contribution in [3.63, 3.8) is 0 Å². The van der Waals surface area contributed by atoms with Gasteiger partial charge in [-0.3, -0.25) is 0 Å². The summed E-state index contributed by atoms with van der Waals surface area (Å²) in [5.41, 5.74) is 2.01. The van der Waals surface area contributed by atoms with Crippen molar-refractivity contribution in [2.45, 2.75) is 37.8 Å². The molecule has 0 radical (unpaired) electrons. The van der Waals surface area contributed by atoms with E-state index in [0.717, 1.165) is 5.92 Å². The number of methoxy groups -OCH3 is 1. The molecule has 0 aromatic heterocycles. The van der Waals surface area contributed by atoms with Gasteiger partial charge in [0.1, 0.15) is 5.60 Å². The van der Waals surface area contributed by atoms with E-state index >= 15 is 0 Å². The Hall–Kier alpha value is -1.35. The van der Waals surface area contributed by atoms with E-state index in [1.165, 1.54) is 30.4 Å². The maximum atomic E-state index is 6.32. The molecule has 0 aliphatic heterocycles. The van der Waals surface area contributed by atoms with Gasteiger partial charge in [0.15, 0.2) is 0 Å². The summed E-state index contributed by atoms with van der Waals surface area (Å²) in [5.74, 6) is 1.20. The van der Waals surface area contributed by atoms with Crippen molar-refractivity contribution in [1.82, 2.24) is 5.32 Å². The van der Waals surface area contributed by atoms with E-state index in [4.69, 9.17) is 4.74 Å². The molecule has 1 fully saturated rings. The molecule has 1 aliphatic carbocycles. The highest BCUT2D eigenvalue weighted by atomic mass is 35.5. The van der Waals surface area contributed by atoms with Crippen LogP contribution in [0.4, 0.5) is 0 Å². The molecule has 2 nitrogen and oxygen atoms in total. The van der Waals surface area contributed by atoms with Gasteiger partial charge in [0, 0.05) is 19.1 Å². The van der Waals surface area contributed by atoms with Crippen LogP contribution in [0.3, 0.4) is 0 Å². The first-order valence-corrected chi connectivity index (χ1v) is 9.05. The van der Waals surface area contributed by atoms with Crippen molar-refractivity contribution >= 4 is 12.4 Å². The van der Waals surface area contributed by atoms with Gasteiger partial charge in [-0.15, -0.1) is 12.4 Å². The van der Waals surface area contributed by atoms with E-state index in [2.05, 4.69) is 80.0 Å². The molecule has 2 atom stereocenters. The van der Waals surface area contributed by atoms with Crippen LogP contribution >= 0.6 is 12.4 Å². The van der Waals surface area contributed by atoms with Crippen LogP contribution in [0.5, 0.6) is 0 Å². The van der Waals surface area contributed by atoms with Crippen LogP contribution in [-0.4, -0.2) is 20.2 Å². The minimum atomic E-state index is -0.439. The Labute approximate surface area is 158 Å². The van der Waals surface area contributed by atoms with Crippen LogP contribution in [0.25, 0.3) is 0 Å². The fraction of sp³-hybridized carbons (Fsp3) is 0.455. The molecule has 2 aromatic carbocycles. The molecule has 1 aliphatic rings. The average molecular weight is 360 g/mol. The van der Waals surface area contributed by atoms with E-state index in [1.54, 1.807) is 0 Å². The summed E-state index contributed by atoms with van der Waals surface area (Å²) in [6.07, 6.45) is 3.98. The summed E-state index contributed by atoms with van der Waals surface area (Å²) in [6.45, 7) is 2.33. The van der Waals surface area contributed by atoms with Gasteiger partial charge in [-0.05, 0) is 30.5 Å². The summed E-state index contributed by atoms with van der Waals surface area (Å²) in [7, 11) is 3.93. The number of rotatable bonds is 8. The Morgan fingerprint density at radius 2 is 1.48 bits per heavy atom. The fourth-order valence-corrected chi connectivity index (χ4v) is 4.05. The zero-order chi connectivity index (χ0) is 17.0. The lowest BCUT2D eigenvalue weighted by atomic mass is 9.72. The van der Waals surface area contributed by atoms with Gasteiger partial charge < -0.3 is 10.1 Å². The molecule has 0 amide bonds. The second kappa shape index (κ2) is 8.84. The molecule has 25 heavy (non-hydrogen) atoms. The predicted molar refractivity (Wildman–Crippen MR) is 107 cm³/mol. The Bertz CT molecular complexity index is 587. The van der Waals surface area contributed by atoms with Crippen LogP contribution < -0.4 is 5.32 Å². The highest BCUT2D eigenvalue weighted by molar-refractivity contribution is 5.85. The second-order valence-electron chi connectivity index (χ2n) is 7.03. The zero-order valence-corrected chi connectivity index (χ0v) is 16.3. The molecular weight excluding hydrogens is 330 g/mol. The quantitative estimate of drug-likeness (QED) is 0.714. The topological polar surface area (TPSA) is 21.3 Å². The van der Waals surface area contributed by atoms with Crippen LogP contribution in [-0.2, 0) is 10.3 Å². The Kier molecular flexibility index (Phi) is 7.06. The molecular formula is C22H30ClNO. The molecule has 0 spiro atoms. The lowest BCUT2D eigenvalue weighted by Crippen LogP contribution is -2.47. The number of halogens is 1. The first-order chi connectivity index (χ1) is 11.7. The molecule has 2 aromatic rings. The fourth-order valence-electron chi connectivity index (χ4n) is 4.05. The minimum absolute atomic E-state index is 0. The van der Waals surface area contributed by atoms with Crippen LogP contribution in [0.1, 0.15) is 37.3 Å². The Morgan fingerprint density at radius 1 is 1.00 bits per heavy atom. The Balaban J connectivity index is 0.00000225. The summed E-state index contributed by atoms with van der Waals surface area (Å²) >= 11 is 0. The van der Waals surface area contributed by atoms with Gasteiger partial charge in [0.2, 0.25) is 0 Å². The van der Waals surface area contributed by atoms with Crippen LogP contribution in [0, 0.1) is 11.8 Å². The smallest absolute Gasteiger partial charge is 0.122 e. The Morgan fingerprint density at radius 3 is 1.84 bits per heavy atom. The first kappa shape index (κ1) is 20.0. The second-order valence-corrected chi connectivity index (χ2v) is 7.03. The number of benzene rings is 2. The molecule has 2 unspecified atom stereocenters. The lowest BCUT2D eigenvalue weighted by molar-refractivity contribution is -0.0369. The van der Waals surface area contributed by atoms with Crippen molar-refractivity contribution in [3.8, 4) is 0 Å². The number of nitrogens with one attached hydrogen (secondary N) is 1. The van der Waals surface area contributed by atoms with Crippen LogP contribution in [0.15, 0.2) is 60.7 Å². The van der Waals surface area contributed by atoms with Gasteiger partial charge >= 0.3 is 0 Å². The molecule has 3 rings (SSSR count). The van der Waals surface area contributed by atoms with Gasteiger partial charge in [-0.1, -0.05) is 80.4 Å². The maximum Gasteiger partial charge on any atom is 0.122 e. The highest BCUT2D eigenvalue weighted by Gasteiger charge is 2.44. The monoisotopic (exact) mass is 359 g/mol. The number of hydrogen-bond acceptors (Lipinski definition) is 2. The van der Waals surface area contributed by atoms with Crippen molar-refractivity contribution in [3.05, 3.63) is 71.8 Å². The van der Waals surface area contributed by atoms with E-state index in [-0.39, 0.29) is 12.4 Å². The first-order valence-electron chi connectivity index (χ1n) is 9.05. The maximum absolute atomic E-state index is 6.32. The largest absolute Gasteiger partial charge is 0.368 e. The lowest BCUT2D eigenvalue weighted by Gasteiger charge is -2.43. The molecule has 1 N–H and O–H groups in total. The number of hydrogen-bond donors (Lipinski definition) is 1. The van der Waals surface area contributed by atoms with Crippen molar-refractivity contribution in [1.29, 1.82) is 0 Å². The van der Waals surface area contributed by atoms with Gasteiger partial charge in [-0.2, -0.15) is 0 Å². The van der Waals surface area contributed by atoms with Gasteiger partial charge in [-0.25, -0.2) is 0 Å². The highest BCUT2D eigenvalue weighted by Crippen LogP contribution is 2.44. The molecule has 0 saturated heterocycles. The van der Waals surface area contributed by atoms with E-state index in [9.17, 15) is 0 Å². The van der Waals surface area contributed by atoms with Gasteiger partial charge in [0.05, 0.1) is 0 Å². The molecule has 0 heterocycles. The summed E-state index contributed by atoms with van der Waals surface area (Å²) in [4.78, 5) is 0. The normalized spacial score (nSPS) is 16.8. The standard InChI is InChI=1S/C22H29NO.ClH/c1-17(21(23-2)16-18-14-15-18)22(24-3,19-10-6-4-7-11-19)20-12-8-5-9-13-20;/h4-13,17-18,21,23H,14-16H2,1-3H3;1H. The molecule has 1 saturated carbocycles. The van der Waals surface area contributed by atoms with Gasteiger partial charge in [0.25, 0.3) is 0 Å². The predicted octanol–water partition coefficient (Wildman–Crippen LogP) is 5.02. The average Bonchev–Trinajstić information content (AvgIpc) is 3.47. The van der Waals surface area contributed by atoms with Crippen molar-refractivity contribution < 1.29 is 4.74 Å². The minimum Gasteiger partial charge on any atom is -0.368 e. The van der Waals surface area contributed by atoms with E-state index in [0.29, 0.717) is 12.0 Å². The third-order valence-corrected chi connectivity index (χ3v) is 5.63. The summed E-state index contributed by atoms with van der Waals surface area (Å²) in [6, 6.07) is 21.8. The van der Waals surface area contributed by atoms with E-state index in [1.807, 2.05) is 7.11 Å². The summed E-state index contributed by atoms with van der Waals surface area (Å²) in [5, 5.41) is 3.57. The van der Waals surface area contributed by atoms with Crippen molar-refractivity contribution in [2.24, 2.45) is 11.8 Å². The molecule has 0 bridgehead atoms. The summed E-state index contributed by atoms with van der Waals surface area (Å²) < 4.78 is 6.32. The third-order valence-electron chi connectivity index (χ3n) is 5.63. The van der Waals surface area contributed by atoms with Crippen molar-refractivity contribution in [2.75, 3.05) is 14.2 Å². The SMILES string of the molecule is CNC(CC1CC1)C(C)C(OC)(c1ccccc1)c1ccccc1.Cl. The third kappa shape index (κ3) is 4.08.